The van der Waals surface area contributed by atoms with Gasteiger partial charge in [0, 0.05) is 4.62 Å². The second-order valence-electron chi connectivity index (χ2n) is 5.06. The molecule has 18 heavy (non-hydrogen) atoms. The van der Waals surface area contributed by atoms with Gasteiger partial charge in [0.2, 0.25) is 0 Å². The first kappa shape index (κ1) is 16.2. The van der Waals surface area contributed by atoms with E-state index in [1.54, 1.807) is 4.62 Å². The Labute approximate surface area is 119 Å². The van der Waals surface area contributed by atoms with E-state index in [-0.39, 0.29) is 7.92 Å². The molecule has 0 aromatic carbocycles. The molecule has 1 aromatic rings. The van der Waals surface area contributed by atoms with E-state index in [1.165, 1.54) is 63.7 Å². The summed E-state index contributed by atoms with van der Waals surface area (Å²) in [6, 6.07) is 4.60. The molecule has 0 N–H and O–H groups in total. The molecule has 1 rings (SSSR count). The van der Waals surface area contributed by atoms with Crippen molar-refractivity contribution >= 4 is 23.9 Å². The summed E-state index contributed by atoms with van der Waals surface area (Å²) >= 11 is 1.99. The third-order valence-electron chi connectivity index (χ3n) is 3.38. The van der Waals surface area contributed by atoms with E-state index >= 15 is 0 Å². The Hall–Kier alpha value is 0.130. The van der Waals surface area contributed by atoms with Gasteiger partial charge in [-0.2, -0.15) is 0 Å². The minimum Gasteiger partial charge on any atom is -0.144 e. The second-order valence-corrected chi connectivity index (χ2v) is 8.77. The molecule has 0 saturated carbocycles. The SMILES string of the molecule is CCCCCCP(CCCCCC)c1cccs1. The van der Waals surface area contributed by atoms with Gasteiger partial charge in [-0.05, 0) is 36.6 Å². The van der Waals surface area contributed by atoms with E-state index in [1.807, 2.05) is 11.3 Å². The van der Waals surface area contributed by atoms with Crippen LogP contribution in [0.2, 0.25) is 0 Å². The van der Waals surface area contributed by atoms with E-state index in [4.69, 9.17) is 0 Å². The Balaban J connectivity index is 2.29. The summed E-state index contributed by atoms with van der Waals surface area (Å²) < 4.78 is 1.69. The fourth-order valence-corrected chi connectivity index (χ4v) is 6.19. The van der Waals surface area contributed by atoms with Crippen LogP contribution in [-0.4, -0.2) is 12.3 Å². The Kier molecular flexibility index (Phi) is 9.89. The predicted octanol–water partition coefficient (Wildman–Crippen LogP) is 6.02. The quantitative estimate of drug-likeness (QED) is 0.344. The van der Waals surface area contributed by atoms with Crippen LogP contribution in [0.5, 0.6) is 0 Å². The van der Waals surface area contributed by atoms with Crippen molar-refractivity contribution in [3.63, 3.8) is 0 Å². The van der Waals surface area contributed by atoms with Crippen LogP contribution < -0.4 is 4.62 Å². The zero-order valence-electron chi connectivity index (χ0n) is 12.2. The molecule has 1 aromatic heterocycles. The van der Waals surface area contributed by atoms with Crippen LogP contribution >= 0.6 is 19.3 Å². The molecule has 0 nitrogen and oxygen atoms in total. The number of thiophene rings is 1. The summed E-state index contributed by atoms with van der Waals surface area (Å²) in [5, 5.41) is 2.25. The second kappa shape index (κ2) is 11.0. The van der Waals surface area contributed by atoms with E-state index in [2.05, 4.69) is 31.4 Å². The standard InChI is InChI=1S/C16H29PS/c1-3-5-7-9-13-17(14-10-8-6-4-2)16-12-11-15-18-16/h11-12,15H,3-10,13-14H2,1-2H3. The highest BCUT2D eigenvalue weighted by molar-refractivity contribution is 7.71. The zero-order valence-corrected chi connectivity index (χ0v) is 13.9. The molecule has 0 bridgehead atoms. The molecular formula is C16H29PS. The van der Waals surface area contributed by atoms with Gasteiger partial charge >= 0.3 is 0 Å². The maximum absolute atomic E-state index is 2.37. The van der Waals surface area contributed by atoms with Crippen molar-refractivity contribution in [3.05, 3.63) is 17.5 Å². The summed E-state index contributed by atoms with van der Waals surface area (Å²) in [6.45, 7) is 4.60. The molecule has 0 aliphatic rings. The van der Waals surface area contributed by atoms with Crippen LogP contribution in [0.4, 0.5) is 0 Å². The van der Waals surface area contributed by atoms with Crippen molar-refractivity contribution in [2.24, 2.45) is 0 Å². The molecular weight excluding hydrogens is 255 g/mol. The van der Waals surface area contributed by atoms with Crippen molar-refractivity contribution < 1.29 is 0 Å². The van der Waals surface area contributed by atoms with Gasteiger partial charge in [0.1, 0.15) is 0 Å². The number of hydrogen-bond donors (Lipinski definition) is 0. The van der Waals surface area contributed by atoms with Crippen molar-refractivity contribution in [1.29, 1.82) is 0 Å². The third kappa shape index (κ3) is 6.90. The van der Waals surface area contributed by atoms with Gasteiger partial charge in [-0.25, -0.2) is 0 Å². The highest BCUT2D eigenvalue weighted by Crippen LogP contribution is 2.38. The molecule has 0 fully saturated rings. The lowest BCUT2D eigenvalue weighted by atomic mass is 10.2. The number of hydrogen-bond acceptors (Lipinski definition) is 1. The average molecular weight is 284 g/mol. The van der Waals surface area contributed by atoms with Gasteiger partial charge < -0.3 is 0 Å². The van der Waals surface area contributed by atoms with Crippen LogP contribution in [0.3, 0.4) is 0 Å². The average Bonchev–Trinajstić information content (AvgIpc) is 2.91. The maximum atomic E-state index is 2.37. The first-order valence-corrected chi connectivity index (χ1v) is 10.3. The molecule has 0 aliphatic heterocycles. The summed E-state index contributed by atoms with van der Waals surface area (Å²) in [6.07, 6.45) is 14.3. The first-order valence-electron chi connectivity index (χ1n) is 7.67. The smallest absolute Gasteiger partial charge is 0.0278 e. The van der Waals surface area contributed by atoms with Gasteiger partial charge in [-0.15, -0.1) is 11.3 Å². The lowest BCUT2D eigenvalue weighted by Crippen LogP contribution is -2.02. The molecule has 0 saturated heterocycles. The molecule has 104 valence electrons. The Morgan fingerprint density at radius 2 is 1.50 bits per heavy atom. The van der Waals surface area contributed by atoms with Crippen LogP contribution in [-0.2, 0) is 0 Å². The van der Waals surface area contributed by atoms with E-state index in [0.717, 1.165) is 0 Å². The first-order chi connectivity index (χ1) is 8.88. The molecule has 0 aliphatic carbocycles. The van der Waals surface area contributed by atoms with Gasteiger partial charge in [0.05, 0.1) is 0 Å². The minimum atomic E-state index is 0.167. The Morgan fingerprint density at radius 3 is 1.94 bits per heavy atom. The zero-order chi connectivity index (χ0) is 13.1. The normalized spacial score (nSPS) is 11.3. The lowest BCUT2D eigenvalue weighted by molar-refractivity contribution is 0.697. The van der Waals surface area contributed by atoms with Crippen molar-refractivity contribution in [1.82, 2.24) is 0 Å². The minimum absolute atomic E-state index is 0.167. The highest BCUT2D eigenvalue weighted by atomic mass is 32.1. The summed E-state index contributed by atoms with van der Waals surface area (Å²) in [5.41, 5.74) is 0. The summed E-state index contributed by atoms with van der Waals surface area (Å²) in [7, 11) is 0.167. The van der Waals surface area contributed by atoms with Crippen molar-refractivity contribution in [2.75, 3.05) is 12.3 Å². The molecule has 0 radical (unpaired) electrons. The number of rotatable bonds is 11. The van der Waals surface area contributed by atoms with Gasteiger partial charge in [0.15, 0.2) is 0 Å². The lowest BCUT2D eigenvalue weighted by Gasteiger charge is -2.16. The highest BCUT2D eigenvalue weighted by Gasteiger charge is 2.11. The molecule has 2 heteroatoms. The fourth-order valence-electron chi connectivity index (χ4n) is 2.24. The van der Waals surface area contributed by atoms with E-state index in [0.29, 0.717) is 0 Å². The third-order valence-corrected chi connectivity index (χ3v) is 7.63. The van der Waals surface area contributed by atoms with E-state index in [9.17, 15) is 0 Å². The van der Waals surface area contributed by atoms with Crippen LogP contribution in [0.1, 0.15) is 65.2 Å². The summed E-state index contributed by atoms with van der Waals surface area (Å²) in [4.78, 5) is 0. The van der Waals surface area contributed by atoms with Gasteiger partial charge in [-0.3, -0.25) is 0 Å². The maximum Gasteiger partial charge on any atom is 0.0278 e. The summed E-state index contributed by atoms with van der Waals surface area (Å²) in [5.74, 6) is 0. The Morgan fingerprint density at radius 1 is 0.889 bits per heavy atom. The van der Waals surface area contributed by atoms with Crippen molar-refractivity contribution in [3.8, 4) is 0 Å². The predicted molar refractivity (Wildman–Crippen MR) is 88.9 cm³/mol. The van der Waals surface area contributed by atoms with Crippen molar-refractivity contribution in [2.45, 2.75) is 65.2 Å². The Bertz CT molecular complexity index is 257. The largest absolute Gasteiger partial charge is 0.144 e. The molecule has 0 spiro atoms. The van der Waals surface area contributed by atoms with Gasteiger partial charge in [-0.1, -0.05) is 66.4 Å². The monoisotopic (exact) mass is 284 g/mol. The fraction of sp³-hybridized carbons (Fsp3) is 0.750. The van der Waals surface area contributed by atoms with Gasteiger partial charge in [0.25, 0.3) is 0 Å². The van der Waals surface area contributed by atoms with Crippen LogP contribution in [0.25, 0.3) is 0 Å². The van der Waals surface area contributed by atoms with Crippen LogP contribution in [0, 0.1) is 0 Å². The molecule has 0 unspecified atom stereocenters. The topological polar surface area (TPSA) is 0 Å². The molecule has 0 atom stereocenters. The molecule has 1 heterocycles. The molecule has 0 amide bonds. The van der Waals surface area contributed by atoms with Crippen LogP contribution in [0.15, 0.2) is 17.5 Å². The van der Waals surface area contributed by atoms with E-state index < -0.39 is 0 Å². The number of unbranched alkanes of at least 4 members (excludes halogenated alkanes) is 6.